The van der Waals surface area contributed by atoms with Crippen LogP contribution in [-0.4, -0.2) is 13.1 Å². The van der Waals surface area contributed by atoms with Gasteiger partial charge >= 0.3 is 0 Å². The van der Waals surface area contributed by atoms with Crippen LogP contribution in [0.4, 0.5) is 43.9 Å². The van der Waals surface area contributed by atoms with Crippen LogP contribution < -0.4 is 5.32 Å². The van der Waals surface area contributed by atoms with Crippen LogP contribution in [0.25, 0.3) is 11.1 Å². The lowest BCUT2D eigenvalue weighted by molar-refractivity contribution is 0.370. The predicted molar refractivity (Wildman–Crippen MR) is 113 cm³/mol. The Morgan fingerprint density at radius 1 is 0.371 bits per heavy atom. The Hall–Kier alpha value is -2.30. The van der Waals surface area contributed by atoms with Gasteiger partial charge < -0.3 is 5.32 Å². The van der Waals surface area contributed by atoms with Gasteiger partial charge in [-0.15, -0.1) is 0 Å². The van der Waals surface area contributed by atoms with Gasteiger partial charge in [0.25, 0.3) is 0 Å². The highest BCUT2D eigenvalue weighted by molar-refractivity contribution is 5.67. The number of hydrogen-bond donors (Lipinski definition) is 1. The third kappa shape index (κ3) is 7.85. The van der Waals surface area contributed by atoms with Gasteiger partial charge in [-0.1, -0.05) is 52.4 Å². The molecule has 0 amide bonds. The standard InChI is InChI=1S/C12F10.C12H27N/c13-3-1(4(14)8(18)11(21)7(3)17)2-5(15)9(19)12(22)10(20)6(2)16;1-3-5-7-9-11-13-12-10-8-6-4-2/h;13H,3-12H2,1-2H3. The molecule has 0 aliphatic carbocycles. The molecule has 11 heteroatoms. The molecule has 0 aliphatic rings. The fraction of sp³-hybridized carbons (Fsp3) is 0.500. The average molecular weight is 519 g/mol. The highest BCUT2D eigenvalue weighted by atomic mass is 19.2. The second-order valence-corrected chi connectivity index (χ2v) is 7.76. The number of hydrogen-bond acceptors (Lipinski definition) is 1. The fourth-order valence-electron chi connectivity index (χ4n) is 3.13. The predicted octanol–water partition coefficient (Wildman–Crippen LogP) is 8.48. The lowest BCUT2D eigenvalue weighted by Crippen LogP contribution is -2.16. The molecule has 2 rings (SSSR count). The minimum absolute atomic E-state index is 1.23. The molecule has 2 aromatic rings. The molecular formula is C24H27F10N. The molecule has 0 radical (unpaired) electrons. The third-order valence-electron chi connectivity index (χ3n) is 5.08. The van der Waals surface area contributed by atoms with Crippen molar-refractivity contribution in [1.82, 2.24) is 5.32 Å². The molecule has 0 atom stereocenters. The SMILES string of the molecule is CCCCCCNCCCCCC.Fc1c(F)c(F)c(-c2c(F)c(F)c(F)c(F)c2F)c(F)c1F. The van der Waals surface area contributed by atoms with Gasteiger partial charge in [0, 0.05) is 0 Å². The van der Waals surface area contributed by atoms with Crippen LogP contribution in [0.3, 0.4) is 0 Å². The van der Waals surface area contributed by atoms with E-state index in [4.69, 9.17) is 0 Å². The largest absolute Gasteiger partial charge is 0.317 e. The molecule has 0 bridgehead atoms. The average Bonchev–Trinajstić information content (AvgIpc) is 2.85. The maximum Gasteiger partial charge on any atom is 0.200 e. The lowest BCUT2D eigenvalue weighted by Gasteiger charge is -2.11. The zero-order valence-corrected chi connectivity index (χ0v) is 19.4. The second kappa shape index (κ2) is 15.0. The first-order valence-corrected chi connectivity index (χ1v) is 11.3. The zero-order valence-electron chi connectivity index (χ0n) is 19.4. The molecule has 0 saturated heterocycles. The van der Waals surface area contributed by atoms with Crippen LogP contribution in [0, 0.1) is 58.2 Å². The Morgan fingerprint density at radius 2 is 0.629 bits per heavy atom. The van der Waals surface area contributed by atoms with Crippen LogP contribution in [-0.2, 0) is 0 Å². The van der Waals surface area contributed by atoms with Crippen molar-refractivity contribution in [2.45, 2.75) is 65.2 Å². The van der Waals surface area contributed by atoms with Gasteiger partial charge in [0.15, 0.2) is 46.5 Å². The van der Waals surface area contributed by atoms with Crippen molar-refractivity contribution in [3.05, 3.63) is 58.2 Å². The van der Waals surface area contributed by atoms with Crippen LogP contribution in [0.15, 0.2) is 0 Å². The molecule has 35 heavy (non-hydrogen) atoms. The monoisotopic (exact) mass is 519 g/mol. The van der Waals surface area contributed by atoms with Gasteiger partial charge in [0.2, 0.25) is 11.6 Å². The van der Waals surface area contributed by atoms with E-state index < -0.39 is 69.3 Å². The number of rotatable bonds is 11. The summed E-state index contributed by atoms with van der Waals surface area (Å²) in [7, 11) is 0. The fourth-order valence-corrected chi connectivity index (χ4v) is 3.13. The van der Waals surface area contributed by atoms with Gasteiger partial charge in [-0.2, -0.15) is 0 Å². The molecule has 0 spiro atoms. The van der Waals surface area contributed by atoms with Crippen LogP contribution in [0.5, 0.6) is 0 Å². The summed E-state index contributed by atoms with van der Waals surface area (Å²) < 4.78 is 131. The highest BCUT2D eigenvalue weighted by Gasteiger charge is 2.34. The smallest absolute Gasteiger partial charge is 0.200 e. The molecule has 0 aromatic heterocycles. The van der Waals surface area contributed by atoms with E-state index in [1.807, 2.05) is 0 Å². The van der Waals surface area contributed by atoms with Crippen molar-refractivity contribution < 1.29 is 43.9 Å². The van der Waals surface area contributed by atoms with E-state index in [0.717, 1.165) is 0 Å². The summed E-state index contributed by atoms with van der Waals surface area (Å²) in [5, 5.41) is 3.50. The normalized spacial score (nSPS) is 11.0. The molecule has 198 valence electrons. The van der Waals surface area contributed by atoms with Crippen LogP contribution in [0.1, 0.15) is 65.2 Å². The minimum atomic E-state index is -2.68. The molecule has 2 aromatic carbocycles. The summed E-state index contributed by atoms with van der Waals surface area (Å²) in [6.45, 7) is 6.98. The quantitative estimate of drug-likeness (QED) is 0.136. The van der Waals surface area contributed by atoms with Gasteiger partial charge in [-0.05, 0) is 25.9 Å². The first-order valence-electron chi connectivity index (χ1n) is 11.3. The van der Waals surface area contributed by atoms with E-state index in [9.17, 15) is 43.9 Å². The maximum atomic E-state index is 13.4. The maximum absolute atomic E-state index is 13.4. The first-order chi connectivity index (χ1) is 16.5. The van der Waals surface area contributed by atoms with Crippen molar-refractivity contribution in [3.63, 3.8) is 0 Å². The molecule has 0 aliphatic heterocycles. The molecule has 1 N–H and O–H groups in total. The number of halogens is 10. The van der Waals surface area contributed by atoms with E-state index in [2.05, 4.69) is 19.2 Å². The molecule has 0 heterocycles. The summed E-state index contributed by atoms with van der Waals surface area (Å²) >= 11 is 0. The Bertz CT molecular complexity index is 842. The number of benzene rings is 2. The molecule has 0 unspecified atom stereocenters. The summed E-state index contributed by atoms with van der Waals surface area (Å²) in [6.07, 6.45) is 11.0. The number of nitrogens with one attached hydrogen (secondary N) is 1. The van der Waals surface area contributed by atoms with Gasteiger partial charge in [-0.3, -0.25) is 0 Å². The molecule has 1 nitrogen and oxygen atoms in total. The van der Waals surface area contributed by atoms with Crippen molar-refractivity contribution in [3.8, 4) is 11.1 Å². The number of unbranched alkanes of at least 4 members (excludes halogenated alkanes) is 6. The molecule has 0 saturated carbocycles. The van der Waals surface area contributed by atoms with E-state index in [0.29, 0.717) is 0 Å². The Balaban J connectivity index is 0.000000405. The van der Waals surface area contributed by atoms with E-state index >= 15 is 0 Å². The third-order valence-corrected chi connectivity index (χ3v) is 5.08. The first kappa shape index (κ1) is 30.7. The summed E-state index contributed by atoms with van der Waals surface area (Å²) in [4.78, 5) is 0. The summed E-state index contributed by atoms with van der Waals surface area (Å²) in [5.74, 6) is -26.6. The minimum Gasteiger partial charge on any atom is -0.317 e. The Labute approximate surface area is 197 Å². The second-order valence-electron chi connectivity index (χ2n) is 7.76. The topological polar surface area (TPSA) is 12.0 Å². The molecule has 0 fully saturated rings. The molecular weight excluding hydrogens is 492 g/mol. The van der Waals surface area contributed by atoms with Crippen LogP contribution >= 0.6 is 0 Å². The Kier molecular flexibility index (Phi) is 13.1. The van der Waals surface area contributed by atoms with E-state index in [1.165, 1.54) is 64.5 Å². The highest BCUT2D eigenvalue weighted by Crippen LogP contribution is 2.37. The summed E-state index contributed by atoms with van der Waals surface area (Å²) in [6, 6.07) is 0. The van der Waals surface area contributed by atoms with Crippen molar-refractivity contribution in [2.75, 3.05) is 13.1 Å². The van der Waals surface area contributed by atoms with E-state index in [1.54, 1.807) is 0 Å². The van der Waals surface area contributed by atoms with Crippen LogP contribution in [0.2, 0.25) is 0 Å². The van der Waals surface area contributed by atoms with Gasteiger partial charge in [0.1, 0.15) is 0 Å². The van der Waals surface area contributed by atoms with Gasteiger partial charge in [-0.25, -0.2) is 43.9 Å². The lowest BCUT2D eigenvalue weighted by atomic mass is 10.0. The van der Waals surface area contributed by atoms with Gasteiger partial charge in [0.05, 0.1) is 11.1 Å². The van der Waals surface area contributed by atoms with Crippen molar-refractivity contribution in [2.24, 2.45) is 0 Å². The van der Waals surface area contributed by atoms with Crippen molar-refractivity contribution in [1.29, 1.82) is 0 Å². The van der Waals surface area contributed by atoms with Crippen molar-refractivity contribution >= 4 is 0 Å². The zero-order chi connectivity index (χ0) is 26.7. The Morgan fingerprint density at radius 3 is 0.886 bits per heavy atom. The summed E-state index contributed by atoms with van der Waals surface area (Å²) in [5.41, 5.74) is -4.52. The van der Waals surface area contributed by atoms with E-state index in [-0.39, 0.29) is 0 Å².